The second-order valence-corrected chi connectivity index (χ2v) is 8.23. The molecular weight excluding hydrogens is 436 g/mol. The van der Waals surface area contributed by atoms with Crippen molar-refractivity contribution in [3.8, 4) is 11.3 Å². The van der Waals surface area contributed by atoms with E-state index in [0.717, 1.165) is 16.9 Å². The van der Waals surface area contributed by atoms with Gasteiger partial charge in [0.2, 0.25) is 0 Å². The van der Waals surface area contributed by atoms with E-state index >= 15 is 0 Å². The van der Waals surface area contributed by atoms with Crippen molar-refractivity contribution in [3.63, 3.8) is 0 Å². The zero-order valence-corrected chi connectivity index (χ0v) is 18.5. The minimum Gasteiger partial charge on any atom is -0.459 e. The van der Waals surface area contributed by atoms with Crippen LogP contribution in [0.25, 0.3) is 11.3 Å². The van der Waals surface area contributed by atoms with Gasteiger partial charge in [-0.2, -0.15) is 0 Å². The van der Waals surface area contributed by atoms with Gasteiger partial charge < -0.3 is 14.6 Å². The van der Waals surface area contributed by atoms with Gasteiger partial charge in [0.1, 0.15) is 17.6 Å². The number of furan rings is 1. The third kappa shape index (κ3) is 3.96. The van der Waals surface area contributed by atoms with Gasteiger partial charge in [0.05, 0.1) is 16.7 Å². The molecule has 1 N–H and O–H groups in total. The van der Waals surface area contributed by atoms with Crippen molar-refractivity contribution in [1.29, 1.82) is 0 Å². The summed E-state index contributed by atoms with van der Waals surface area (Å²) in [7, 11) is 0. The van der Waals surface area contributed by atoms with Crippen LogP contribution in [-0.4, -0.2) is 15.0 Å². The lowest BCUT2D eigenvalue weighted by Crippen LogP contribution is -2.29. The van der Waals surface area contributed by atoms with Crippen molar-refractivity contribution < 1.29 is 9.34 Å². The molecule has 0 aliphatic carbocycles. The molecule has 5 rings (SSSR count). The van der Waals surface area contributed by atoms with Gasteiger partial charge in [-0.3, -0.25) is 15.1 Å². The fourth-order valence-electron chi connectivity index (χ4n) is 4.07. The lowest BCUT2D eigenvalue weighted by molar-refractivity contribution is -0.384. The first-order valence-corrected chi connectivity index (χ1v) is 10.8. The van der Waals surface area contributed by atoms with Crippen molar-refractivity contribution >= 4 is 28.7 Å². The van der Waals surface area contributed by atoms with Crippen LogP contribution in [0.2, 0.25) is 0 Å². The van der Waals surface area contributed by atoms with Gasteiger partial charge in [0.15, 0.2) is 5.11 Å². The quantitative estimate of drug-likeness (QED) is 0.233. The number of pyridine rings is 1. The summed E-state index contributed by atoms with van der Waals surface area (Å²) in [5.74, 6) is 1.23. The molecule has 0 bridgehead atoms. The highest BCUT2D eigenvalue weighted by Crippen LogP contribution is 2.43. The van der Waals surface area contributed by atoms with E-state index in [-0.39, 0.29) is 17.8 Å². The van der Waals surface area contributed by atoms with Crippen molar-refractivity contribution in [3.05, 3.63) is 112 Å². The number of benzene rings is 2. The number of aromatic nitrogens is 1. The van der Waals surface area contributed by atoms with Crippen LogP contribution in [0.15, 0.2) is 89.5 Å². The van der Waals surface area contributed by atoms with Crippen LogP contribution < -0.4 is 10.2 Å². The molecule has 0 unspecified atom stereocenters. The fraction of sp³-hybridized carbons (Fsp3) is 0.120. The third-order valence-electron chi connectivity index (χ3n) is 5.67. The van der Waals surface area contributed by atoms with Crippen molar-refractivity contribution in [2.45, 2.75) is 19.0 Å². The topological polar surface area (TPSA) is 84.4 Å². The molecule has 0 spiro atoms. The van der Waals surface area contributed by atoms with Gasteiger partial charge in [0, 0.05) is 29.6 Å². The van der Waals surface area contributed by atoms with E-state index in [1.54, 1.807) is 18.3 Å². The van der Waals surface area contributed by atoms with Crippen LogP contribution in [0, 0.1) is 17.0 Å². The van der Waals surface area contributed by atoms with Crippen LogP contribution in [0.5, 0.6) is 0 Å². The lowest BCUT2D eigenvalue weighted by Gasteiger charge is -2.26. The van der Waals surface area contributed by atoms with Gasteiger partial charge >= 0.3 is 0 Å². The van der Waals surface area contributed by atoms with Gasteiger partial charge in [-0.1, -0.05) is 35.9 Å². The molecule has 3 heterocycles. The van der Waals surface area contributed by atoms with E-state index < -0.39 is 4.92 Å². The molecule has 2 atom stereocenters. The largest absolute Gasteiger partial charge is 0.459 e. The molecule has 8 heteroatoms. The van der Waals surface area contributed by atoms with E-state index in [1.165, 1.54) is 12.1 Å². The smallest absolute Gasteiger partial charge is 0.270 e. The summed E-state index contributed by atoms with van der Waals surface area (Å²) < 4.78 is 6.27. The van der Waals surface area contributed by atoms with Crippen LogP contribution in [0.4, 0.5) is 11.4 Å². The molecule has 0 radical (unpaired) electrons. The fourth-order valence-corrected chi connectivity index (χ4v) is 4.41. The molecule has 1 aliphatic rings. The third-order valence-corrected chi connectivity index (χ3v) is 5.98. The summed E-state index contributed by atoms with van der Waals surface area (Å²) in [5, 5.41) is 15.2. The summed E-state index contributed by atoms with van der Waals surface area (Å²) in [6, 6.07) is 23.5. The van der Waals surface area contributed by atoms with Crippen LogP contribution in [0.1, 0.15) is 29.1 Å². The monoisotopic (exact) mass is 456 g/mol. The molecule has 2 aromatic carbocycles. The number of hydrogen-bond acceptors (Lipinski definition) is 5. The van der Waals surface area contributed by atoms with Gasteiger partial charge in [-0.25, -0.2) is 0 Å². The Hall–Kier alpha value is -4.04. The Labute approximate surface area is 195 Å². The number of hydrogen-bond donors (Lipinski definition) is 1. The van der Waals surface area contributed by atoms with Crippen molar-refractivity contribution in [1.82, 2.24) is 10.3 Å². The Morgan fingerprint density at radius 1 is 1.06 bits per heavy atom. The van der Waals surface area contributed by atoms with Crippen LogP contribution >= 0.6 is 12.2 Å². The van der Waals surface area contributed by atoms with Crippen molar-refractivity contribution in [2.75, 3.05) is 4.90 Å². The van der Waals surface area contributed by atoms with Gasteiger partial charge in [-0.05, 0) is 55.5 Å². The number of aryl methyl sites for hydroxylation is 1. The lowest BCUT2D eigenvalue weighted by atomic mass is 10.0. The molecule has 33 heavy (non-hydrogen) atoms. The second kappa shape index (κ2) is 8.48. The molecule has 4 aromatic rings. The average Bonchev–Trinajstić information content (AvgIpc) is 3.45. The minimum absolute atomic E-state index is 0.0156. The molecule has 2 aromatic heterocycles. The Balaban J connectivity index is 1.58. The van der Waals surface area contributed by atoms with Crippen LogP contribution in [-0.2, 0) is 0 Å². The predicted molar refractivity (Wildman–Crippen MR) is 130 cm³/mol. The molecular formula is C25H20N4O3S. The Morgan fingerprint density at radius 2 is 1.88 bits per heavy atom. The maximum atomic E-state index is 11.2. The van der Waals surface area contributed by atoms with E-state index in [9.17, 15) is 10.1 Å². The second-order valence-electron chi connectivity index (χ2n) is 7.84. The number of nitro groups is 1. The summed E-state index contributed by atoms with van der Waals surface area (Å²) in [6.45, 7) is 2.04. The first-order valence-electron chi connectivity index (χ1n) is 10.4. The van der Waals surface area contributed by atoms with E-state index in [0.29, 0.717) is 22.2 Å². The Kier molecular flexibility index (Phi) is 5.35. The van der Waals surface area contributed by atoms with Gasteiger partial charge in [0.25, 0.3) is 5.69 Å². The Bertz CT molecular complexity index is 1320. The molecule has 0 saturated carbocycles. The standard InChI is InChI=1S/C25H20N4O3S/c1-16-8-10-18(11-9-16)28-24(23(27-25(28)33)20-7-2-3-14-26-20)22-13-12-21(32-22)17-5-4-6-19(15-17)29(30)31/h2-15,23-24H,1H3,(H,27,33)/t23-,24+/m0/s1. The zero-order valence-electron chi connectivity index (χ0n) is 17.7. The molecule has 0 amide bonds. The number of thiocarbonyl (C=S) groups is 1. The number of nitrogens with zero attached hydrogens (tertiary/aromatic N) is 3. The Morgan fingerprint density at radius 3 is 2.61 bits per heavy atom. The zero-order chi connectivity index (χ0) is 22.9. The van der Waals surface area contributed by atoms with E-state index in [2.05, 4.69) is 10.3 Å². The number of rotatable bonds is 5. The van der Waals surface area contributed by atoms with Gasteiger partial charge in [-0.15, -0.1) is 0 Å². The van der Waals surface area contributed by atoms with Crippen LogP contribution in [0.3, 0.4) is 0 Å². The first kappa shape index (κ1) is 20.8. The predicted octanol–water partition coefficient (Wildman–Crippen LogP) is 5.74. The average molecular weight is 457 g/mol. The molecule has 1 aliphatic heterocycles. The summed E-state index contributed by atoms with van der Waals surface area (Å²) >= 11 is 5.73. The number of nitro benzene ring substituents is 1. The SMILES string of the molecule is Cc1ccc(N2C(=S)N[C@@H](c3ccccn3)[C@H]2c2ccc(-c3cccc([N+](=O)[O-])c3)o2)cc1. The molecule has 1 saturated heterocycles. The highest BCUT2D eigenvalue weighted by molar-refractivity contribution is 7.80. The minimum atomic E-state index is -0.414. The summed E-state index contributed by atoms with van der Waals surface area (Å²) in [5.41, 5.74) is 3.59. The van der Waals surface area contributed by atoms with E-state index in [4.69, 9.17) is 16.6 Å². The maximum absolute atomic E-state index is 11.2. The number of non-ortho nitro benzene ring substituents is 1. The maximum Gasteiger partial charge on any atom is 0.270 e. The highest BCUT2D eigenvalue weighted by atomic mass is 32.1. The number of anilines is 1. The molecule has 1 fully saturated rings. The van der Waals surface area contributed by atoms with Crippen molar-refractivity contribution in [2.24, 2.45) is 0 Å². The molecule has 164 valence electrons. The highest BCUT2D eigenvalue weighted by Gasteiger charge is 2.42. The van der Waals surface area contributed by atoms with E-state index in [1.807, 2.05) is 66.4 Å². The summed E-state index contributed by atoms with van der Waals surface area (Å²) in [4.78, 5) is 17.4. The molecule has 7 nitrogen and oxygen atoms in total. The first-order chi connectivity index (χ1) is 16.0. The summed E-state index contributed by atoms with van der Waals surface area (Å²) in [6.07, 6.45) is 1.75. The number of nitrogens with one attached hydrogen (secondary N) is 1. The normalized spacial score (nSPS) is 17.7.